The van der Waals surface area contributed by atoms with Gasteiger partial charge < -0.3 is 4.74 Å². The summed E-state index contributed by atoms with van der Waals surface area (Å²) in [5.74, 6) is 1.27. The molecule has 1 aliphatic rings. The molecule has 0 radical (unpaired) electrons. The lowest BCUT2D eigenvalue weighted by Crippen LogP contribution is -2.36. The van der Waals surface area contributed by atoms with Crippen LogP contribution in [-0.4, -0.2) is 41.7 Å². The number of likely N-dealkylation sites (tertiary alicyclic amines) is 1. The van der Waals surface area contributed by atoms with E-state index in [1.807, 2.05) is 33.0 Å². The van der Waals surface area contributed by atoms with Gasteiger partial charge in [-0.05, 0) is 57.7 Å². The van der Waals surface area contributed by atoms with Crippen LogP contribution in [0.5, 0.6) is 0 Å². The van der Waals surface area contributed by atoms with Gasteiger partial charge in [0, 0.05) is 25.8 Å². The van der Waals surface area contributed by atoms with Gasteiger partial charge in [-0.3, -0.25) is 9.80 Å². The summed E-state index contributed by atoms with van der Waals surface area (Å²) < 4.78 is 5.40. The molecule has 2 rings (SSSR count). The molecule has 0 aliphatic carbocycles. The van der Waals surface area contributed by atoms with Gasteiger partial charge in [0.1, 0.15) is 11.4 Å². The fraction of sp³-hybridized carbons (Fsp3) is 0.700. The molecule has 140 valence electrons. The van der Waals surface area contributed by atoms with E-state index < -0.39 is 5.60 Å². The van der Waals surface area contributed by atoms with Crippen molar-refractivity contribution in [2.45, 2.75) is 65.5 Å². The number of amides is 1. The Bertz CT molecular complexity index is 563. The van der Waals surface area contributed by atoms with E-state index in [0.29, 0.717) is 17.8 Å². The van der Waals surface area contributed by atoms with Gasteiger partial charge in [-0.25, -0.2) is 9.78 Å². The first-order valence-corrected chi connectivity index (χ1v) is 9.34. The number of rotatable bonds is 4. The average molecular weight is 348 g/mol. The molecular formula is C20H33N3O2. The van der Waals surface area contributed by atoms with Crippen molar-refractivity contribution in [1.82, 2.24) is 9.88 Å². The average Bonchev–Trinajstić information content (AvgIpc) is 2.53. The Morgan fingerprint density at radius 1 is 1.36 bits per heavy atom. The van der Waals surface area contributed by atoms with Crippen molar-refractivity contribution in [3.63, 3.8) is 0 Å². The molecule has 1 atom stereocenters. The minimum Gasteiger partial charge on any atom is -0.443 e. The molecule has 0 unspecified atom stereocenters. The maximum atomic E-state index is 12.2. The lowest BCUT2D eigenvalue weighted by atomic mass is 9.95. The van der Waals surface area contributed by atoms with Crippen LogP contribution in [0.15, 0.2) is 18.3 Å². The van der Waals surface area contributed by atoms with Crippen LogP contribution in [0, 0.1) is 5.92 Å². The van der Waals surface area contributed by atoms with Gasteiger partial charge >= 0.3 is 6.09 Å². The molecule has 1 aromatic heterocycles. The number of carbonyl (C=O) groups is 1. The predicted molar refractivity (Wildman–Crippen MR) is 102 cm³/mol. The number of hydrogen-bond acceptors (Lipinski definition) is 4. The molecule has 0 N–H and O–H groups in total. The molecule has 1 fully saturated rings. The minimum atomic E-state index is -0.509. The highest BCUT2D eigenvalue weighted by atomic mass is 16.6. The summed E-state index contributed by atoms with van der Waals surface area (Å²) in [6, 6.07) is 4.46. The van der Waals surface area contributed by atoms with Gasteiger partial charge in [0.25, 0.3) is 0 Å². The van der Waals surface area contributed by atoms with Crippen LogP contribution in [0.25, 0.3) is 0 Å². The van der Waals surface area contributed by atoms with E-state index >= 15 is 0 Å². The van der Waals surface area contributed by atoms with E-state index in [4.69, 9.17) is 4.74 Å². The summed E-state index contributed by atoms with van der Waals surface area (Å²) in [6.45, 7) is 12.4. The summed E-state index contributed by atoms with van der Waals surface area (Å²) >= 11 is 0. The highest BCUT2D eigenvalue weighted by molar-refractivity contribution is 5.85. The number of piperidine rings is 1. The summed E-state index contributed by atoms with van der Waals surface area (Å²) in [7, 11) is 1.70. The maximum Gasteiger partial charge on any atom is 0.415 e. The molecule has 25 heavy (non-hydrogen) atoms. The van der Waals surface area contributed by atoms with Crippen molar-refractivity contribution in [2.75, 3.05) is 25.0 Å². The van der Waals surface area contributed by atoms with Crippen LogP contribution < -0.4 is 4.90 Å². The summed E-state index contributed by atoms with van der Waals surface area (Å²) in [4.78, 5) is 20.7. The van der Waals surface area contributed by atoms with Gasteiger partial charge in [0.15, 0.2) is 0 Å². The first-order valence-electron chi connectivity index (χ1n) is 9.34. The lowest BCUT2D eigenvalue weighted by molar-refractivity contribution is 0.0588. The van der Waals surface area contributed by atoms with Crippen molar-refractivity contribution in [1.29, 1.82) is 0 Å². The first kappa shape index (κ1) is 19.7. The Morgan fingerprint density at radius 3 is 2.64 bits per heavy atom. The third-order valence-electron chi connectivity index (χ3n) is 4.38. The van der Waals surface area contributed by atoms with Gasteiger partial charge in [0.05, 0.1) is 0 Å². The summed E-state index contributed by atoms with van der Waals surface area (Å²) in [6.07, 6.45) is 5.25. The number of anilines is 1. The molecule has 1 aromatic rings. The van der Waals surface area contributed by atoms with E-state index in [-0.39, 0.29) is 6.09 Å². The topological polar surface area (TPSA) is 45.7 Å². The smallest absolute Gasteiger partial charge is 0.415 e. The third kappa shape index (κ3) is 5.70. The highest BCUT2D eigenvalue weighted by Gasteiger charge is 2.25. The Kier molecular flexibility index (Phi) is 6.44. The molecule has 1 amide bonds. The van der Waals surface area contributed by atoms with Crippen LogP contribution >= 0.6 is 0 Å². The number of pyridine rings is 1. The predicted octanol–water partition coefficient (Wildman–Crippen LogP) is 4.64. The molecule has 1 aliphatic heterocycles. The fourth-order valence-corrected chi connectivity index (χ4v) is 3.27. The number of nitrogens with zero attached hydrogens (tertiary/aromatic N) is 3. The summed E-state index contributed by atoms with van der Waals surface area (Å²) in [5, 5.41) is 0. The van der Waals surface area contributed by atoms with Gasteiger partial charge in [0.2, 0.25) is 0 Å². The van der Waals surface area contributed by atoms with E-state index in [1.54, 1.807) is 7.05 Å². The molecule has 5 heteroatoms. The van der Waals surface area contributed by atoms with Crippen LogP contribution in [0.1, 0.15) is 65.5 Å². The monoisotopic (exact) mass is 347 g/mol. The molecule has 0 spiro atoms. The largest absolute Gasteiger partial charge is 0.443 e. The van der Waals surface area contributed by atoms with Crippen LogP contribution in [0.3, 0.4) is 0 Å². The standard InChI is InChI=1S/C20H33N3O2/c1-15(2)14-23-12-8-7-9-17(23)16-10-11-18(21-13-16)22(6)19(24)25-20(3,4)5/h10-11,13,15,17H,7-9,12,14H2,1-6H3/t17-/m0/s1. The van der Waals surface area contributed by atoms with E-state index in [9.17, 15) is 4.79 Å². The Labute approximate surface area is 152 Å². The molecule has 0 aromatic carbocycles. The van der Waals surface area contributed by atoms with Crippen molar-refractivity contribution in [2.24, 2.45) is 5.92 Å². The lowest BCUT2D eigenvalue weighted by Gasteiger charge is -2.37. The SMILES string of the molecule is CC(C)CN1CCCC[C@H]1c1ccc(N(C)C(=O)OC(C)(C)C)nc1. The van der Waals surface area contributed by atoms with Crippen LogP contribution in [0.2, 0.25) is 0 Å². The van der Waals surface area contributed by atoms with Crippen LogP contribution in [0.4, 0.5) is 10.6 Å². The minimum absolute atomic E-state index is 0.383. The van der Waals surface area contributed by atoms with Crippen molar-refractivity contribution >= 4 is 11.9 Å². The van der Waals surface area contributed by atoms with Crippen LogP contribution in [-0.2, 0) is 4.74 Å². The molecule has 5 nitrogen and oxygen atoms in total. The Hall–Kier alpha value is -1.62. The highest BCUT2D eigenvalue weighted by Crippen LogP contribution is 2.31. The van der Waals surface area contributed by atoms with Gasteiger partial charge in [-0.2, -0.15) is 0 Å². The van der Waals surface area contributed by atoms with Crippen molar-refractivity contribution in [3.05, 3.63) is 23.9 Å². The second-order valence-corrected chi connectivity index (χ2v) is 8.39. The zero-order chi connectivity index (χ0) is 18.6. The molecular weight excluding hydrogens is 314 g/mol. The first-order chi connectivity index (χ1) is 11.7. The molecule has 1 saturated heterocycles. The quantitative estimate of drug-likeness (QED) is 0.796. The van der Waals surface area contributed by atoms with Crippen molar-refractivity contribution in [3.8, 4) is 0 Å². The fourth-order valence-electron chi connectivity index (χ4n) is 3.27. The number of carbonyl (C=O) groups excluding carboxylic acids is 1. The zero-order valence-corrected chi connectivity index (χ0v) is 16.6. The van der Waals surface area contributed by atoms with E-state index in [0.717, 1.165) is 13.1 Å². The normalized spacial score (nSPS) is 19.1. The molecule has 0 bridgehead atoms. The van der Waals surface area contributed by atoms with E-state index in [1.165, 1.54) is 29.7 Å². The molecule has 2 heterocycles. The molecule has 0 saturated carbocycles. The Balaban J connectivity index is 2.09. The number of ether oxygens (including phenoxy) is 1. The number of hydrogen-bond donors (Lipinski definition) is 0. The number of aromatic nitrogens is 1. The zero-order valence-electron chi connectivity index (χ0n) is 16.6. The van der Waals surface area contributed by atoms with Gasteiger partial charge in [-0.1, -0.05) is 26.3 Å². The third-order valence-corrected chi connectivity index (χ3v) is 4.38. The second-order valence-electron chi connectivity index (χ2n) is 8.39. The van der Waals surface area contributed by atoms with E-state index in [2.05, 4.69) is 29.8 Å². The second kappa shape index (κ2) is 8.17. The summed E-state index contributed by atoms with van der Waals surface area (Å²) in [5.41, 5.74) is 0.728. The Morgan fingerprint density at radius 2 is 2.08 bits per heavy atom. The maximum absolute atomic E-state index is 12.2. The van der Waals surface area contributed by atoms with Gasteiger partial charge in [-0.15, -0.1) is 0 Å². The van der Waals surface area contributed by atoms with Crippen molar-refractivity contribution < 1.29 is 9.53 Å².